The summed E-state index contributed by atoms with van der Waals surface area (Å²) in [5.41, 5.74) is 7.45. The van der Waals surface area contributed by atoms with Crippen molar-refractivity contribution < 1.29 is 4.79 Å². The van der Waals surface area contributed by atoms with E-state index in [1.807, 2.05) is 12.4 Å². The van der Waals surface area contributed by atoms with Crippen molar-refractivity contribution in [1.82, 2.24) is 29.7 Å². The Morgan fingerprint density at radius 3 is 1.98 bits per heavy atom. The van der Waals surface area contributed by atoms with E-state index < -0.39 is 0 Å². The van der Waals surface area contributed by atoms with E-state index >= 15 is 0 Å². The summed E-state index contributed by atoms with van der Waals surface area (Å²) in [5, 5.41) is 0. The van der Waals surface area contributed by atoms with Crippen LogP contribution in [-0.4, -0.2) is 54.8 Å². The fourth-order valence-corrected chi connectivity index (χ4v) is 7.35. The Hall–Kier alpha value is -3.77. The molecule has 10 rings (SSSR count). The third-order valence-electron chi connectivity index (χ3n) is 9.29. The van der Waals surface area contributed by atoms with E-state index in [1.165, 1.54) is 17.2 Å². The zero-order valence-electron chi connectivity index (χ0n) is 22.4. The Labute approximate surface area is 234 Å². The van der Waals surface area contributed by atoms with Crippen molar-refractivity contribution >= 4 is 5.94 Å². The molecule has 2 N–H and O–H groups in total. The van der Waals surface area contributed by atoms with Gasteiger partial charge in [0.05, 0.1) is 47.9 Å². The summed E-state index contributed by atoms with van der Waals surface area (Å²) >= 11 is 0. The molecule has 8 bridgehead atoms. The van der Waals surface area contributed by atoms with E-state index in [0.29, 0.717) is 0 Å². The fourth-order valence-electron chi connectivity index (χ4n) is 7.35. The summed E-state index contributed by atoms with van der Waals surface area (Å²) in [4.78, 5) is 34.5. The minimum absolute atomic E-state index is 0.0836. The SMILES string of the molecule is O=C=C1[CH]CC[C]2C1N1CCC[C@H]1c1ncc([nH]1)-c1ccc(cc1)-c1ccc(cc1)-c1cnc([nH]1)[C@@H]1CCCN21. The normalized spacial score (nSPS) is 25.0. The zero-order valence-corrected chi connectivity index (χ0v) is 22.4. The van der Waals surface area contributed by atoms with Gasteiger partial charge in [0.15, 0.2) is 0 Å². The number of imidazole rings is 2. The van der Waals surface area contributed by atoms with Crippen LogP contribution in [0.2, 0.25) is 0 Å². The second kappa shape index (κ2) is 9.70. The van der Waals surface area contributed by atoms with Gasteiger partial charge in [-0.05, 0) is 80.3 Å². The molecule has 7 heterocycles. The molecule has 2 radical (unpaired) electrons. The summed E-state index contributed by atoms with van der Waals surface area (Å²) in [6, 6.07) is 18.9. The number of aromatic amines is 2. The molecular weight excluding hydrogens is 496 g/mol. The lowest BCUT2D eigenvalue weighted by Gasteiger charge is -2.45. The van der Waals surface area contributed by atoms with Crippen LogP contribution in [0.4, 0.5) is 0 Å². The molecule has 0 spiro atoms. The van der Waals surface area contributed by atoms with Crippen molar-refractivity contribution in [3.05, 3.63) is 90.6 Å². The van der Waals surface area contributed by atoms with E-state index in [-0.39, 0.29) is 18.1 Å². The van der Waals surface area contributed by atoms with Gasteiger partial charge in [0.1, 0.15) is 17.6 Å². The average molecular weight is 529 g/mol. The molecule has 1 aliphatic carbocycles. The molecule has 1 unspecified atom stereocenters. The second-order valence-corrected chi connectivity index (χ2v) is 11.5. The van der Waals surface area contributed by atoms with Crippen molar-refractivity contribution in [1.29, 1.82) is 0 Å². The molecule has 0 amide bonds. The van der Waals surface area contributed by atoms with Crippen LogP contribution >= 0.6 is 0 Å². The standard InChI is InChI=1S/C33H32N6O/c40-20-25-4-1-5-28-31(25)39-17-3-7-30(39)33-35-19-27(37-33)24-14-10-22(11-15-24)21-8-12-23(13-9-21)26-18-34-32(36-26)29-6-2-16-38(28)29/h4,8-15,18-19,29-31H,1-3,5-7,16-17H2,(H,34,36)(H,35,37)/t29-,30-,31?/m0/s1. The Balaban J connectivity index is 1.27. The first kappa shape index (κ1) is 24.1. The monoisotopic (exact) mass is 528 g/mol. The van der Waals surface area contributed by atoms with Gasteiger partial charge in [0.25, 0.3) is 0 Å². The van der Waals surface area contributed by atoms with Gasteiger partial charge in [-0.25, -0.2) is 14.8 Å². The first-order chi connectivity index (χ1) is 19.8. The molecule has 2 aromatic heterocycles. The third-order valence-corrected chi connectivity index (χ3v) is 9.29. The minimum atomic E-state index is -0.0836. The summed E-state index contributed by atoms with van der Waals surface area (Å²) < 4.78 is 0. The highest BCUT2D eigenvalue weighted by Crippen LogP contribution is 2.47. The number of nitrogens with one attached hydrogen (secondary N) is 2. The minimum Gasteiger partial charge on any atom is -0.341 e. The van der Waals surface area contributed by atoms with Crippen molar-refractivity contribution in [2.24, 2.45) is 0 Å². The molecule has 2 saturated heterocycles. The van der Waals surface area contributed by atoms with Crippen LogP contribution in [-0.2, 0) is 4.79 Å². The molecule has 1 saturated carbocycles. The highest BCUT2D eigenvalue weighted by Gasteiger charge is 2.47. The van der Waals surface area contributed by atoms with Crippen LogP contribution < -0.4 is 0 Å². The van der Waals surface area contributed by atoms with Gasteiger partial charge >= 0.3 is 0 Å². The molecule has 7 heteroatoms. The second-order valence-electron chi connectivity index (χ2n) is 11.5. The average Bonchev–Trinajstić information content (AvgIpc) is 3.82. The summed E-state index contributed by atoms with van der Waals surface area (Å²) in [5.74, 6) is 4.32. The molecular formula is C33H32N6O. The lowest BCUT2D eigenvalue weighted by atomic mass is 9.83. The molecule has 3 atom stereocenters. The number of H-pyrrole nitrogens is 2. The van der Waals surface area contributed by atoms with Gasteiger partial charge in [-0.1, -0.05) is 48.5 Å². The maximum atomic E-state index is 12.3. The number of benzene rings is 2. The van der Waals surface area contributed by atoms with Crippen LogP contribution in [0.1, 0.15) is 62.3 Å². The van der Waals surface area contributed by atoms with Crippen molar-refractivity contribution in [2.75, 3.05) is 13.1 Å². The first-order valence-corrected chi connectivity index (χ1v) is 14.5. The number of nitrogens with zero attached hydrogens (tertiary/aromatic N) is 4. The molecule has 5 aliphatic heterocycles. The Kier molecular flexibility index (Phi) is 5.84. The van der Waals surface area contributed by atoms with E-state index in [0.717, 1.165) is 91.4 Å². The zero-order chi connectivity index (χ0) is 26.6. The van der Waals surface area contributed by atoms with Crippen LogP contribution in [0, 0.1) is 12.5 Å². The van der Waals surface area contributed by atoms with Gasteiger partial charge in [0, 0.05) is 5.57 Å². The van der Waals surface area contributed by atoms with Crippen molar-refractivity contribution in [3.8, 4) is 33.6 Å². The molecule has 200 valence electrons. The molecule has 7 nitrogen and oxygen atoms in total. The van der Waals surface area contributed by atoms with Gasteiger partial charge in [-0.2, -0.15) is 0 Å². The number of fused-ring (bicyclic) bond motifs is 2. The number of carbonyl (C=O) groups excluding carboxylic acids is 1. The third kappa shape index (κ3) is 3.92. The highest BCUT2D eigenvalue weighted by atomic mass is 16.1. The summed E-state index contributed by atoms with van der Waals surface area (Å²) in [6.07, 6.45) is 12.1. The van der Waals surface area contributed by atoms with Crippen LogP contribution in [0.25, 0.3) is 33.6 Å². The molecule has 40 heavy (non-hydrogen) atoms. The van der Waals surface area contributed by atoms with Gasteiger partial charge in [0.2, 0.25) is 0 Å². The van der Waals surface area contributed by atoms with E-state index in [4.69, 9.17) is 9.97 Å². The predicted molar refractivity (Wildman–Crippen MR) is 154 cm³/mol. The molecule has 6 aliphatic rings. The topological polar surface area (TPSA) is 80.9 Å². The predicted octanol–water partition coefficient (Wildman–Crippen LogP) is 6.08. The lowest BCUT2D eigenvalue weighted by molar-refractivity contribution is 0.125. The summed E-state index contributed by atoms with van der Waals surface area (Å²) in [7, 11) is 0. The van der Waals surface area contributed by atoms with Crippen molar-refractivity contribution in [3.63, 3.8) is 0 Å². The number of rotatable bonds is 0. The molecule has 2 aromatic carbocycles. The Morgan fingerprint density at radius 2 is 1.32 bits per heavy atom. The van der Waals surface area contributed by atoms with Gasteiger partial charge in [-0.3, -0.25) is 9.80 Å². The Bertz CT molecular complexity index is 1580. The molecule has 4 aromatic rings. The van der Waals surface area contributed by atoms with E-state index in [2.05, 4.69) is 80.7 Å². The first-order valence-electron chi connectivity index (χ1n) is 14.5. The van der Waals surface area contributed by atoms with E-state index in [1.54, 1.807) is 0 Å². The Morgan fingerprint density at radius 1 is 0.750 bits per heavy atom. The number of hydrogen-bond acceptors (Lipinski definition) is 5. The maximum Gasteiger partial charge on any atom is 0.125 e. The smallest absolute Gasteiger partial charge is 0.125 e. The van der Waals surface area contributed by atoms with Crippen LogP contribution in [0.3, 0.4) is 0 Å². The lowest BCUT2D eigenvalue weighted by Crippen LogP contribution is -2.49. The van der Waals surface area contributed by atoms with Crippen LogP contribution in [0.5, 0.6) is 0 Å². The van der Waals surface area contributed by atoms with Crippen molar-refractivity contribution in [2.45, 2.75) is 56.7 Å². The quantitative estimate of drug-likeness (QED) is 0.271. The largest absolute Gasteiger partial charge is 0.341 e. The van der Waals surface area contributed by atoms with Gasteiger partial charge in [-0.15, -0.1) is 0 Å². The highest BCUT2D eigenvalue weighted by molar-refractivity contribution is 5.71. The fraction of sp³-hybridized carbons (Fsp3) is 0.333. The summed E-state index contributed by atoms with van der Waals surface area (Å²) in [6.45, 7) is 1.91. The maximum absolute atomic E-state index is 12.3. The van der Waals surface area contributed by atoms with Gasteiger partial charge < -0.3 is 9.97 Å². The van der Waals surface area contributed by atoms with E-state index in [9.17, 15) is 4.79 Å². The number of aromatic nitrogens is 4. The van der Waals surface area contributed by atoms with Crippen LogP contribution in [0.15, 0.2) is 66.5 Å². The number of hydrogen-bond donors (Lipinski definition) is 2. The molecule has 3 fully saturated rings.